The summed E-state index contributed by atoms with van der Waals surface area (Å²) in [5.74, 6) is -0.298. The van der Waals surface area contributed by atoms with E-state index in [1.807, 2.05) is 18.4 Å². The number of rotatable bonds is 4. The Bertz CT molecular complexity index is 748. The fourth-order valence-corrected chi connectivity index (χ4v) is 3.39. The van der Waals surface area contributed by atoms with E-state index in [2.05, 4.69) is 27.2 Å². The number of ether oxygens (including phenoxy) is 3. The second kappa shape index (κ2) is 5.62. The quantitative estimate of drug-likeness (QED) is 0.829. The third-order valence-electron chi connectivity index (χ3n) is 4.38. The van der Waals surface area contributed by atoms with Crippen molar-refractivity contribution in [3.63, 3.8) is 0 Å². The van der Waals surface area contributed by atoms with E-state index < -0.39 is 5.79 Å². The maximum atomic E-state index is 6.23. The van der Waals surface area contributed by atoms with Gasteiger partial charge in [0, 0.05) is 6.54 Å². The predicted octanol–water partition coefficient (Wildman–Crippen LogP) is 0.436. The normalized spacial score (nSPS) is 31.6. The largest absolute Gasteiger partial charge is 0.382 e. The van der Waals surface area contributed by atoms with Gasteiger partial charge in [0.15, 0.2) is 23.5 Å². The molecule has 130 valence electrons. The molecule has 0 radical (unpaired) electrons. The summed E-state index contributed by atoms with van der Waals surface area (Å²) in [6.45, 7) is 7.45. The third kappa shape index (κ3) is 2.44. The molecule has 0 unspecified atom stereocenters. The van der Waals surface area contributed by atoms with Gasteiger partial charge in [0.05, 0.1) is 6.33 Å². The highest BCUT2D eigenvalue weighted by atomic mass is 16.8. The Morgan fingerprint density at radius 1 is 1.25 bits per heavy atom. The Hall–Kier alpha value is -1.81. The van der Waals surface area contributed by atoms with Gasteiger partial charge in [-0.3, -0.25) is 4.57 Å². The molecular formula is C15H22N6O3. The van der Waals surface area contributed by atoms with E-state index in [-0.39, 0.29) is 24.5 Å². The number of hydrogen-bond donors (Lipinski definition) is 2. The van der Waals surface area contributed by atoms with Crippen molar-refractivity contribution in [2.45, 2.75) is 51.1 Å². The number of nitrogen functional groups attached to an aromatic ring is 1. The van der Waals surface area contributed by atoms with Crippen molar-refractivity contribution in [1.82, 2.24) is 24.8 Å². The number of fused-ring (bicyclic) bond motifs is 2. The van der Waals surface area contributed by atoms with Crippen LogP contribution in [0, 0.1) is 0 Å². The zero-order valence-corrected chi connectivity index (χ0v) is 14.0. The minimum absolute atomic E-state index is 0.113. The maximum Gasteiger partial charge on any atom is 0.167 e. The van der Waals surface area contributed by atoms with Crippen LogP contribution in [-0.2, 0) is 14.2 Å². The summed E-state index contributed by atoms with van der Waals surface area (Å²) >= 11 is 0. The van der Waals surface area contributed by atoms with Crippen LogP contribution in [0.15, 0.2) is 12.7 Å². The van der Waals surface area contributed by atoms with E-state index in [9.17, 15) is 0 Å². The minimum Gasteiger partial charge on any atom is -0.382 e. The molecule has 0 saturated carbocycles. The summed E-state index contributed by atoms with van der Waals surface area (Å²) in [5.41, 5.74) is 7.07. The molecule has 0 amide bonds. The van der Waals surface area contributed by atoms with Crippen molar-refractivity contribution in [2.24, 2.45) is 0 Å². The monoisotopic (exact) mass is 334 g/mol. The first-order chi connectivity index (χ1) is 11.5. The number of aromatic nitrogens is 4. The van der Waals surface area contributed by atoms with Crippen molar-refractivity contribution in [3.05, 3.63) is 12.7 Å². The minimum atomic E-state index is -0.647. The highest BCUT2D eigenvalue weighted by Gasteiger charge is 2.55. The molecule has 4 atom stereocenters. The number of nitrogens with two attached hydrogens (primary N) is 1. The Morgan fingerprint density at radius 3 is 2.83 bits per heavy atom. The van der Waals surface area contributed by atoms with Crippen LogP contribution >= 0.6 is 0 Å². The summed E-state index contributed by atoms with van der Waals surface area (Å²) in [4.78, 5) is 12.6. The Morgan fingerprint density at radius 2 is 2.04 bits per heavy atom. The van der Waals surface area contributed by atoms with Crippen molar-refractivity contribution in [2.75, 3.05) is 18.8 Å². The topological polar surface area (TPSA) is 109 Å². The van der Waals surface area contributed by atoms with Crippen LogP contribution in [-0.4, -0.2) is 56.7 Å². The van der Waals surface area contributed by atoms with Crippen LogP contribution in [0.2, 0.25) is 0 Å². The van der Waals surface area contributed by atoms with E-state index in [1.165, 1.54) is 6.33 Å². The molecule has 9 nitrogen and oxygen atoms in total. The predicted molar refractivity (Wildman–Crippen MR) is 86.0 cm³/mol. The lowest BCUT2D eigenvalue weighted by Gasteiger charge is -2.24. The van der Waals surface area contributed by atoms with Gasteiger partial charge in [0.25, 0.3) is 0 Å². The van der Waals surface area contributed by atoms with Gasteiger partial charge in [0.1, 0.15) is 30.2 Å². The highest BCUT2D eigenvalue weighted by Crippen LogP contribution is 2.43. The first-order valence-corrected chi connectivity index (χ1v) is 8.15. The average Bonchev–Trinajstić information content (AvgIpc) is 3.17. The van der Waals surface area contributed by atoms with Gasteiger partial charge in [-0.25, -0.2) is 15.0 Å². The smallest absolute Gasteiger partial charge is 0.167 e. The SMILES string of the molecule is CCNC[C@H]1O[C@@H](n2cnc3c(N)ncnc32)[C@@H]2OC(C)(C)O[C@@H]21. The van der Waals surface area contributed by atoms with Crippen LogP contribution < -0.4 is 11.1 Å². The zero-order chi connectivity index (χ0) is 16.9. The third-order valence-corrected chi connectivity index (χ3v) is 4.38. The molecule has 0 aliphatic carbocycles. The Labute approximate surface area is 139 Å². The number of imidazole rings is 1. The molecule has 2 aromatic rings. The summed E-state index contributed by atoms with van der Waals surface area (Å²) in [5, 5.41) is 3.31. The molecule has 0 spiro atoms. The molecule has 0 aromatic carbocycles. The van der Waals surface area contributed by atoms with Crippen molar-refractivity contribution in [1.29, 1.82) is 0 Å². The van der Waals surface area contributed by atoms with Crippen molar-refractivity contribution < 1.29 is 14.2 Å². The second-order valence-corrected chi connectivity index (χ2v) is 6.52. The van der Waals surface area contributed by atoms with Crippen LogP contribution in [0.4, 0.5) is 5.82 Å². The van der Waals surface area contributed by atoms with E-state index >= 15 is 0 Å². The van der Waals surface area contributed by atoms with Gasteiger partial charge < -0.3 is 25.3 Å². The van der Waals surface area contributed by atoms with Crippen LogP contribution in [0.1, 0.15) is 27.0 Å². The van der Waals surface area contributed by atoms with Gasteiger partial charge in [-0.05, 0) is 20.4 Å². The molecule has 4 heterocycles. The fourth-order valence-electron chi connectivity index (χ4n) is 3.39. The zero-order valence-electron chi connectivity index (χ0n) is 14.0. The van der Waals surface area contributed by atoms with Crippen molar-refractivity contribution >= 4 is 17.0 Å². The molecule has 2 fully saturated rings. The molecule has 2 aromatic heterocycles. The standard InChI is InChI=1S/C15H22N6O3/c1-4-17-5-8-10-11(24-15(2,3)23-10)14(22-8)21-7-20-9-12(16)18-6-19-13(9)21/h6-8,10-11,14,17H,4-5H2,1-3H3,(H2,16,18,19)/t8-,10-,11-,14-/m1/s1. The average molecular weight is 334 g/mol. The first-order valence-electron chi connectivity index (χ1n) is 8.15. The van der Waals surface area contributed by atoms with E-state index in [4.69, 9.17) is 19.9 Å². The lowest BCUT2D eigenvalue weighted by atomic mass is 10.1. The Balaban J connectivity index is 1.70. The van der Waals surface area contributed by atoms with Gasteiger partial charge >= 0.3 is 0 Å². The highest BCUT2D eigenvalue weighted by molar-refractivity contribution is 5.81. The number of nitrogens with zero attached hydrogens (tertiary/aromatic N) is 4. The number of hydrogen-bond acceptors (Lipinski definition) is 8. The van der Waals surface area contributed by atoms with E-state index in [1.54, 1.807) is 6.33 Å². The number of likely N-dealkylation sites (N-methyl/N-ethyl adjacent to an activating group) is 1. The maximum absolute atomic E-state index is 6.23. The van der Waals surface area contributed by atoms with Gasteiger partial charge in [-0.1, -0.05) is 6.92 Å². The summed E-state index contributed by atoms with van der Waals surface area (Å²) in [6, 6.07) is 0. The van der Waals surface area contributed by atoms with Crippen molar-refractivity contribution in [3.8, 4) is 0 Å². The van der Waals surface area contributed by atoms with Crippen LogP contribution in [0.25, 0.3) is 11.2 Å². The lowest BCUT2D eigenvalue weighted by molar-refractivity contribution is -0.195. The molecule has 0 bridgehead atoms. The van der Waals surface area contributed by atoms with Crippen LogP contribution in [0.5, 0.6) is 0 Å². The second-order valence-electron chi connectivity index (χ2n) is 6.52. The lowest BCUT2D eigenvalue weighted by Crippen LogP contribution is -2.37. The summed E-state index contributed by atoms with van der Waals surface area (Å²) in [7, 11) is 0. The summed E-state index contributed by atoms with van der Waals surface area (Å²) in [6.07, 6.45) is 2.21. The first kappa shape index (κ1) is 15.7. The molecular weight excluding hydrogens is 312 g/mol. The Kier molecular flexibility index (Phi) is 3.68. The molecule has 2 aliphatic rings. The molecule has 2 aliphatic heterocycles. The summed E-state index contributed by atoms with van der Waals surface area (Å²) < 4.78 is 20.2. The van der Waals surface area contributed by atoms with Gasteiger partial charge in [-0.2, -0.15) is 0 Å². The molecule has 9 heteroatoms. The van der Waals surface area contributed by atoms with Crippen LogP contribution in [0.3, 0.4) is 0 Å². The molecule has 2 saturated heterocycles. The molecule has 4 rings (SSSR count). The molecule has 3 N–H and O–H groups in total. The van der Waals surface area contributed by atoms with Gasteiger partial charge in [0.2, 0.25) is 0 Å². The number of nitrogens with one attached hydrogen (secondary N) is 1. The number of anilines is 1. The van der Waals surface area contributed by atoms with E-state index in [0.29, 0.717) is 23.5 Å². The fraction of sp³-hybridized carbons (Fsp3) is 0.667. The van der Waals surface area contributed by atoms with E-state index in [0.717, 1.165) is 6.54 Å². The van der Waals surface area contributed by atoms with Gasteiger partial charge in [-0.15, -0.1) is 0 Å². The molecule has 24 heavy (non-hydrogen) atoms.